The summed E-state index contributed by atoms with van der Waals surface area (Å²) in [6.45, 7) is 0. The molecule has 0 bridgehead atoms. The minimum absolute atomic E-state index is 0. The van der Waals surface area contributed by atoms with Gasteiger partial charge in [0.1, 0.15) is 0 Å². The summed E-state index contributed by atoms with van der Waals surface area (Å²) < 4.78 is 0. The minimum atomic E-state index is 0. The molecule has 0 saturated heterocycles. The molecule has 0 spiro atoms. The Kier molecular flexibility index (Phi) is 3400. The Labute approximate surface area is 78.2 Å². The van der Waals surface area contributed by atoms with Crippen LogP contribution in [0.1, 0.15) is 0 Å². The summed E-state index contributed by atoms with van der Waals surface area (Å²) in [5, 5.41) is 0. The first kappa shape index (κ1) is 189. The molecule has 0 saturated carbocycles. The molecule has 0 N–H and O–H groups in total. The molecule has 0 fully saturated rings. The van der Waals surface area contributed by atoms with Crippen LogP contribution in [0.5, 0.6) is 0 Å². The normalized spacial score (nSPS) is 0. The zero-order valence-electron chi connectivity index (χ0n) is 3.49. The van der Waals surface area contributed by atoms with Crippen molar-refractivity contribution in [2.24, 2.45) is 0 Å². The molecule has 0 radical (unpaired) electrons. The summed E-state index contributed by atoms with van der Waals surface area (Å²) in [4.78, 5) is 0. The van der Waals surface area contributed by atoms with Crippen LogP contribution in [0.3, 0.4) is 0 Å². The summed E-state index contributed by atoms with van der Waals surface area (Å²) in [6, 6.07) is 0. The van der Waals surface area contributed by atoms with E-state index in [2.05, 4.69) is 0 Å². The monoisotopic (exact) mass is 224 g/mol. The molecule has 0 aliphatic heterocycles. The Hall–Kier alpha value is 1.63. The molecule has 0 heterocycles. The Bertz CT molecular complexity index is 11.7. The average molecular weight is 226 g/mol. The molecular formula is AlGaO4Zn. The standard InChI is InChI=1S/Al.Ga.4O.Zn/q2*+3;4*-2;+2. The predicted octanol–water partition coefficient (Wildman–Crippen LogP) is -1.24. The van der Waals surface area contributed by atoms with Gasteiger partial charge in [-0.15, -0.1) is 0 Å². The molecule has 0 aromatic carbocycles. The molecule has 0 amide bonds. The second-order valence-electron chi connectivity index (χ2n) is 0. The van der Waals surface area contributed by atoms with Crippen LogP contribution in [0.2, 0.25) is 0 Å². The Morgan fingerprint density at radius 1 is 0.571 bits per heavy atom. The smallest absolute Gasteiger partial charge is 2.00 e. The quantitative estimate of drug-likeness (QED) is 0.460. The van der Waals surface area contributed by atoms with Crippen LogP contribution in [0.25, 0.3) is 0 Å². The van der Waals surface area contributed by atoms with Gasteiger partial charge in [0.2, 0.25) is 0 Å². The van der Waals surface area contributed by atoms with Gasteiger partial charge in [-0.05, 0) is 0 Å². The van der Waals surface area contributed by atoms with Gasteiger partial charge in [0.15, 0.2) is 0 Å². The fourth-order valence-corrected chi connectivity index (χ4v) is 0. The molecule has 0 unspecified atom stereocenters. The first-order chi connectivity index (χ1) is 0. The SMILES string of the molecule is [Al+3].[Ga+3].[O-2].[O-2].[O-2].[O-2].[Zn+2]. The van der Waals surface area contributed by atoms with Crippen LogP contribution in [-0.2, 0) is 41.4 Å². The number of hydrogen-bond donors (Lipinski definition) is 0. The molecule has 0 aliphatic rings. The van der Waals surface area contributed by atoms with Crippen LogP contribution in [-0.4, -0.2) is 37.2 Å². The maximum atomic E-state index is 0. The third-order valence-corrected chi connectivity index (χ3v) is 0. The Balaban J connectivity index is 0. The van der Waals surface area contributed by atoms with E-state index in [4.69, 9.17) is 0 Å². The second kappa shape index (κ2) is 126. The van der Waals surface area contributed by atoms with Crippen molar-refractivity contribution in [2.45, 2.75) is 0 Å². The molecule has 0 aromatic rings. The third kappa shape index (κ3) is 90.9. The molecular weight excluding hydrogens is 226 g/mol. The summed E-state index contributed by atoms with van der Waals surface area (Å²) in [6.07, 6.45) is 0. The van der Waals surface area contributed by atoms with Gasteiger partial charge in [0.25, 0.3) is 0 Å². The predicted molar refractivity (Wildman–Crippen MR) is 14.3 cm³/mol. The van der Waals surface area contributed by atoms with Crippen molar-refractivity contribution < 1.29 is 41.4 Å². The number of hydrogen-bond acceptors (Lipinski definition) is 0. The molecule has 32 valence electrons. The zero-order valence-corrected chi connectivity index (χ0v) is 10.0. The molecule has 7 heteroatoms. The van der Waals surface area contributed by atoms with Gasteiger partial charge in [-0.25, -0.2) is 0 Å². The van der Waals surface area contributed by atoms with E-state index in [0.717, 1.165) is 0 Å². The molecule has 7 heavy (non-hydrogen) atoms. The maximum Gasteiger partial charge on any atom is 3.00 e. The van der Waals surface area contributed by atoms with E-state index in [1.807, 2.05) is 0 Å². The largest absolute Gasteiger partial charge is 3.00 e. The Morgan fingerprint density at radius 3 is 0.571 bits per heavy atom. The minimum Gasteiger partial charge on any atom is -2.00 e. The fourth-order valence-electron chi connectivity index (χ4n) is 0. The van der Waals surface area contributed by atoms with Crippen LogP contribution in [0.15, 0.2) is 0 Å². The molecule has 0 aromatic heterocycles. The van der Waals surface area contributed by atoms with Crippen LogP contribution in [0, 0.1) is 0 Å². The van der Waals surface area contributed by atoms with Crippen LogP contribution in [0.4, 0.5) is 0 Å². The van der Waals surface area contributed by atoms with Gasteiger partial charge in [-0.2, -0.15) is 0 Å². The van der Waals surface area contributed by atoms with E-state index in [-0.39, 0.29) is 78.5 Å². The van der Waals surface area contributed by atoms with E-state index >= 15 is 0 Å². The van der Waals surface area contributed by atoms with Crippen molar-refractivity contribution in [2.75, 3.05) is 0 Å². The van der Waals surface area contributed by atoms with Gasteiger partial charge >= 0.3 is 56.6 Å². The van der Waals surface area contributed by atoms with E-state index < -0.39 is 0 Å². The molecule has 0 aliphatic carbocycles. The van der Waals surface area contributed by atoms with Gasteiger partial charge < -0.3 is 21.9 Å². The van der Waals surface area contributed by atoms with Crippen molar-refractivity contribution in [3.63, 3.8) is 0 Å². The van der Waals surface area contributed by atoms with Crippen molar-refractivity contribution in [1.82, 2.24) is 0 Å². The topological polar surface area (TPSA) is 114 Å². The van der Waals surface area contributed by atoms with Crippen LogP contribution < -0.4 is 0 Å². The van der Waals surface area contributed by atoms with Gasteiger partial charge in [0, 0.05) is 0 Å². The maximum absolute atomic E-state index is 0. The summed E-state index contributed by atoms with van der Waals surface area (Å²) in [5.74, 6) is 0. The Morgan fingerprint density at radius 2 is 0.571 bits per heavy atom. The van der Waals surface area contributed by atoms with Crippen molar-refractivity contribution in [3.8, 4) is 0 Å². The zero-order chi connectivity index (χ0) is 0. The molecule has 0 rings (SSSR count). The van der Waals surface area contributed by atoms with Crippen molar-refractivity contribution in [1.29, 1.82) is 0 Å². The van der Waals surface area contributed by atoms with Gasteiger partial charge in [0.05, 0.1) is 0 Å². The molecule has 4 nitrogen and oxygen atoms in total. The summed E-state index contributed by atoms with van der Waals surface area (Å²) in [7, 11) is 0. The fraction of sp³-hybridized carbons (Fsp3) is 0. The van der Waals surface area contributed by atoms with E-state index in [0.29, 0.717) is 0 Å². The number of rotatable bonds is 0. The molecule has 0 atom stereocenters. The van der Waals surface area contributed by atoms with E-state index in [1.165, 1.54) is 0 Å². The third-order valence-electron chi connectivity index (χ3n) is 0. The van der Waals surface area contributed by atoms with E-state index in [1.54, 1.807) is 0 Å². The summed E-state index contributed by atoms with van der Waals surface area (Å²) >= 11 is 0. The van der Waals surface area contributed by atoms with Crippen LogP contribution >= 0.6 is 0 Å². The summed E-state index contributed by atoms with van der Waals surface area (Å²) in [5.41, 5.74) is 0. The van der Waals surface area contributed by atoms with Crippen molar-refractivity contribution in [3.05, 3.63) is 0 Å². The average Bonchev–Trinajstić information content (AvgIpc) is 0. The van der Waals surface area contributed by atoms with Gasteiger partial charge in [-0.1, -0.05) is 0 Å². The first-order valence-corrected chi connectivity index (χ1v) is 0. The second-order valence-corrected chi connectivity index (χ2v) is 0. The van der Waals surface area contributed by atoms with E-state index in [9.17, 15) is 0 Å². The first-order valence-electron chi connectivity index (χ1n) is 0. The van der Waals surface area contributed by atoms with Gasteiger partial charge in [-0.3, -0.25) is 0 Å². The van der Waals surface area contributed by atoms with Crippen molar-refractivity contribution >= 4 is 37.2 Å².